The van der Waals surface area contributed by atoms with Crippen molar-refractivity contribution in [1.82, 2.24) is 9.80 Å². The number of hydrogen-bond donors (Lipinski definition) is 0. The van der Waals surface area contributed by atoms with E-state index in [-0.39, 0.29) is 5.56 Å². The summed E-state index contributed by atoms with van der Waals surface area (Å²) in [6.45, 7) is 6.65. The van der Waals surface area contributed by atoms with Crippen LogP contribution in [0, 0.1) is 11.6 Å². The van der Waals surface area contributed by atoms with Gasteiger partial charge in [0.25, 0.3) is 5.91 Å². The van der Waals surface area contributed by atoms with E-state index in [0.717, 1.165) is 55.6 Å². The summed E-state index contributed by atoms with van der Waals surface area (Å²) in [6, 6.07) is 11.1. The first-order valence-electron chi connectivity index (χ1n) is 12.0. The number of carbonyl (C=O) groups excluding carboxylic acids is 1. The molecule has 2 aromatic rings. The van der Waals surface area contributed by atoms with E-state index in [1.807, 2.05) is 24.3 Å². The summed E-state index contributed by atoms with van der Waals surface area (Å²) in [7, 11) is 0. The molecule has 2 aromatic carbocycles. The highest BCUT2D eigenvalue weighted by Crippen LogP contribution is 2.22. The Kier molecular flexibility index (Phi) is 8.15. The third kappa shape index (κ3) is 6.44. The van der Waals surface area contributed by atoms with Crippen LogP contribution in [0.4, 0.5) is 14.5 Å². The Morgan fingerprint density at radius 1 is 0.848 bits per heavy atom. The molecule has 33 heavy (non-hydrogen) atoms. The molecule has 1 amide bonds. The van der Waals surface area contributed by atoms with Crippen molar-refractivity contribution in [2.24, 2.45) is 0 Å². The van der Waals surface area contributed by atoms with Crippen molar-refractivity contribution in [2.75, 3.05) is 57.3 Å². The third-order valence-corrected chi connectivity index (χ3v) is 6.48. The second-order valence-electron chi connectivity index (χ2n) is 8.86. The van der Waals surface area contributed by atoms with Crippen molar-refractivity contribution in [3.05, 3.63) is 59.7 Å². The van der Waals surface area contributed by atoms with Crippen LogP contribution in [0.2, 0.25) is 0 Å². The van der Waals surface area contributed by atoms with Gasteiger partial charge in [0.1, 0.15) is 17.4 Å². The lowest BCUT2D eigenvalue weighted by molar-refractivity contribution is 0.0761. The highest BCUT2D eigenvalue weighted by molar-refractivity contribution is 5.94. The van der Waals surface area contributed by atoms with Gasteiger partial charge in [0.15, 0.2) is 0 Å². The Balaban J connectivity index is 1.25. The van der Waals surface area contributed by atoms with Crippen molar-refractivity contribution in [3.63, 3.8) is 0 Å². The molecule has 0 aliphatic carbocycles. The van der Waals surface area contributed by atoms with Crippen LogP contribution in [0.3, 0.4) is 0 Å². The summed E-state index contributed by atoms with van der Waals surface area (Å²) in [5.74, 6) is -0.883. The summed E-state index contributed by atoms with van der Waals surface area (Å²) in [5, 5.41) is 0. The largest absolute Gasteiger partial charge is 0.494 e. The standard InChI is InChI=1S/C26H33F2N3O2/c27-21-6-11-25(28)24(20-21)26(32)31-16-4-15-30(17-18-31)22-7-9-23(10-8-22)33-19-5-14-29-12-2-1-3-13-29/h6-11,20H,1-5,12-19H2. The maximum Gasteiger partial charge on any atom is 0.256 e. The van der Waals surface area contributed by atoms with Crippen LogP contribution >= 0.6 is 0 Å². The van der Waals surface area contributed by atoms with Gasteiger partial charge in [-0.3, -0.25) is 4.79 Å². The molecule has 2 saturated heterocycles. The van der Waals surface area contributed by atoms with Gasteiger partial charge in [-0.25, -0.2) is 8.78 Å². The summed E-state index contributed by atoms with van der Waals surface area (Å²) in [6.07, 6.45) is 5.77. The molecule has 5 nitrogen and oxygen atoms in total. The quantitative estimate of drug-likeness (QED) is 0.571. The van der Waals surface area contributed by atoms with E-state index in [1.165, 1.54) is 32.4 Å². The fourth-order valence-electron chi connectivity index (χ4n) is 4.62. The fraction of sp³-hybridized carbons (Fsp3) is 0.500. The smallest absolute Gasteiger partial charge is 0.256 e. The second-order valence-corrected chi connectivity index (χ2v) is 8.86. The Morgan fingerprint density at radius 2 is 1.64 bits per heavy atom. The molecule has 7 heteroatoms. The lowest BCUT2D eigenvalue weighted by Gasteiger charge is -2.26. The molecule has 2 heterocycles. The van der Waals surface area contributed by atoms with E-state index < -0.39 is 17.5 Å². The minimum atomic E-state index is -0.686. The first-order chi connectivity index (χ1) is 16.1. The zero-order chi connectivity index (χ0) is 23.0. The number of amides is 1. The monoisotopic (exact) mass is 457 g/mol. The molecular weight excluding hydrogens is 424 g/mol. The molecule has 0 saturated carbocycles. The van der Waals surface area contributed by atoms with Gasteiger partial charge in [-0.05, 0) is 81.2 Å². The number of carbonyl (C=O) groups is 1. The van der Waals surface area contributed by atoms with Crippen molar-refractivity contribution < 1.29 is 18.3 Å². The maximum atomic E-state index is 14.0. The van der Waals surface area contributed by atoms with Gasteiger partial charge < -0.3 is 19.4 Å². The Labute approximate surface area is 194 Å². The summed E-state index contributed by atoms with van der Waals surface area (Å²) in [5.41, 5.74) is 0.868. The number of likely N-dealkylation sites (tertiary alicyclic amines) is 1. The van der Waals surface area contributed by atoms with Crippen LogP contribution in [0.5, 0.6) is 5.75 Å². The molecule has 0 aromatic heterocycles. The van der Waals surface area contributed by atoms with E-state index in [9.17, 15) is 13.6 Å². The maximum absolute atomic E-state index is 14.0. The van der Waals surface area contributed by atoms with Gasteiger partial charge in [0.2, 0.25) is 0 Å². The minimum absolute atomic E-state index is 0.203. The van der Waals surface area contributed by atoms with Crippen LogP contribution in [-0.4, -0.2) is 68.1 Å². The lowest BCUT2D eigenvalue weighted by atomic mass is 10.1. The predicted molar refractivity (Wildman–Crippen MR) is 126 cm³/mol. The number of benzene rings is 2. The van der Waals surface area contributed by atoms with Gasteiger partial charge in [-0.1, -0.05) is 6.42 Å². The van der Waals surface area contributed by atoms with E-state index in [1.54, 1.807) is 4.90 Å². The number of halogens is 2. The topological polar surface area (TPSA) is 36.0 Å². The SMILES string of the molecule is O=C(c1cc(F)ccc1F)N1CCCN(c2ccc(OCCCN3CCCCC3)cc2)CC1. The number of anilines is 1. The molecule has 2 aliphatic heterocycles. The highest BCUT2D eigenvalue weighted by atomic mass is 19.1. The average Bonchev–Trinajstić information content (AvgIpc) is 3.10. The Bertz CT molecular complexity index is 916. The zero-order valence-corrected chi connectivity index (χ0v) is 19.1. The highest BCUT2D eigenvalue weighted by Gasteiger charge is 2.23. The first-order valence-corrected chi connectivity index (χ1v) is 12.0. The molecule has 0 atom stereocenters. The molecule has 4 rings (SSSR count). The van der Waals surface area contributed by atoms with Crippen molar-refractivity contribution in [3.8, 4) is 5.75 Å². The second kappa shape index (κ2) is 11.5. The summed E-state index contributed by atoms with van der Waals surface area (Å²) >= 11 is 0. The van der Waals surface area contributed by atoms with Crippen LogP contribution in [0.15, 0.2) is 42.5 Å². The zero-order valence-electron chi connectivity index (χ0n) is 19.1. The number of rotatable bonds is 7. The molecular formula is C26H33F2N3O2. The van der Waals surface area contributed by atoms with Gasteiger partial charge in [-0.15, -0.1) is 0 Å². The number of nitrogens with zero attached hydrogens (tertiary/aromatic N) is 3. The molecule has 0 bridgehead atoms. The van der Waals surface area contributed by atoms with Gasteiger partial charge in [-0.2, -0.15) is 0 Å². The number of piperidine rings is 1. The van der Waals surface area contributed by atoms with Crippen molar-refractivity contribution in [2.45, 2.75) is 32.1 Å². The van der Waals surface area contributed by atoms with Crippen molar-refractivity contribution in [1.29, 1.82) is 0 Å². The summed E-state index contributed by atoms with van der Waals surface area (Å²) in [4.78, 5) is 19.1. The normalized spacial score (nSPS) is 17.6. The third-order valence-electron chi connectivity index (χ3n) is 6.48. The molecule has 178 valence electrons. The Hall–Kier alpha value is -2.67. The number of ether oxygens (including phenoxy) is 1. The minimum Gasteiger partial charge on any atom is -0.494 e. The molecule has 0 radical (unpaired) electrons. The Morgan fingerprint density at radius 3 is 2.42 bits per heavy atom. The average molecular weight is 458 g/mol. The van der Waals surface area contributed by atoms with E-state index in [0.29, 0.717) is 26.2 Å². The molecule has 0 spiro atoms. The first kappa shape index (κ1) is 23.5. The van der Waals surface area contributed by atoms with E-state index in [4.69, 9.17) is 4.74 Å². The lowest BCUT2D eigenvalue weighted by Crippen LogP contribution is -2.35. The molecule has 0 N–H and O–H groups in total. The van der Waals surface area contributed by atoms with Crippen LogP contribution < -0.4 is 9.64 Å². The predicted octanol–water partition coefficient (Wildman–Crippen LogP) is 4.57. The van der Waals surface area contributed by atoms with Gasteiger partial charge in [0.05, 0.1) is 12.2 Å². The van der Waals surface area contributed by atoms with Crippen molar-refractivity contribution >= 4 is 11.6 Å². The molecule has 0 unspecified atom stereocenters. The van der Waals surface area contributed by atoms with Crippen LogP contribution in [0.25, 0.3) is 0 Å². The van der Waals surface area contributed by atoms with E-state index >= 15 is 0 Å². The van der Waals surface area contributed by atoms with Gasteiger partial charge >= 0.3 is 0 Å². The van der Waals surface area contributed by atoms with E-state index in [2.05, 4.69) is 9.80 Å². The van der Waals surface area contributed by atoms with Crippen LogP contribution in [0.1, 0.15) is 42.5 Å². The number of hydrogen-bond acceptors (Lipinski definition) is 4. The van der Waals surface area contributed by atoms with Crippen LogP contribution in [-0.2, 0) is 0 Å². The van der Waals surface area contributed by atoms with Gasteiger partial charge in [0, 0.05) is 38.4 Å². The molecule has 2 fully saturated rings. The fourth-order valence-corrected chi connectivity index (χ4v) is 4.62. The summed E-state index contributed by atoms with van der Waals surface area (Å²) < 4.78 is 33.4. The molecule has 2 aliphatic rings.